The van der Waals surface area contributed by atoms with Crippen LogP contribution in [0.25, 0.3) is 0 Å². The second kappa shape index (κ2) is 6.54. The number of nitrogens with two attached hydrogens (primary N) is 1. The van der Waals surface area contributed by atoms with E-state index in [0.717, 1.165) is 5.56 Å². The summed E-state index contributed by atoms with van der Waals surface area (Å²) in [5.41, 5.74) is 6.70. The van der Waals surface area contributed by atoms with Gasteiger partial charge in [0.15, 0.2) is 0 Å². The zero-order chi connectivity index (χ0) is 13.7. The molecule has 1 aliphatic heterocycles. The molecule has 0 bridgehead atoms. The lowest BCUT2D eigenvalue weighted by atomic mass is 10.2. The number of nitrogens with one attached hydrogen (secondary N) is 1. The van der Waals surface area contributed by atoms with Crippen LogP contribution in [-0.2, 0) is 11.3 Å². The zero-order valence-electron chi connectivity index (χ0n) is 11.2. The normalized spacial score (nSPS) is 23.2. The molecule has 1 aromatic carbocycles. The molecule has 0 radical (unpaired) electrons. The SMILES string of the molecule is CC1CN(C(=O)NCc2ccccc2)CC(CN)O1. The second-order valence-corrected chi connectivity index (χ2v) is 4.85. The predicted molar refractivity (Wildman–Crippen MR) is 73.6 cm³/mol. The fourth-order valence-corrected chi connectivity index (χ4v) is 2.23. The van der Waals surface area contributed by atoms with Gasteiger partial charge >= 0.3 is 6.03 Å². The van der Waals surface area contributed by atoms with E-state index in [4.69, 9.17) is 10.5 Å². The molecule has 104 valence electrons. The molecule has 2 unspecified atom stereocenters. The quantitative estimate of drug-likeness (QED) is 0.853. The minimum absolute atomic E-state index is 0.0322. The van der Waals surface area contributed by atoms with Crippen molar-refractivity contribution >= 4 is 6.03 Å². The van der Waals surface area contributed by atoms with Crippen molar-refractivity contribution in [1.82, 2.24) is 10.2 Å². The topological polar surface area (TPSA) is 67.6 Å². The van der Waals surface area contributed by atoms with Crippen molar-refractivity contribution < 1.29 is 9.53 Å². The van der Waals surface area contributed by atoms with Crippen molar-refractivity contribution in [2.24, 2.45) is 5.73 Å². The van der Waals surface area contributed by atoms with Crippen molar-refractivity contribution in [3.8, 4) is 0 Å². The molecule has 19 heavy (non-hydrogen) atoms. The third kappa shape index (κ3) is 3.94. The number of amides is 2. The Morgan fingerprint density at radius 1 is 1.42 bits per heavy atom. The van der Waals surface area contributed by atoms with Gasteiger partial charge in [0.05, 0.1) is 12.2 Å². The summed E-state index contributed by atoms with van der Waals surface area (Å²) in [6.45, 7) is 4.10. The summed E-state index contributed by atoms with van der Waals surface area (Å²) in [5, 5.41) is 2.92. The minimum atomic E-state index is -0.0637. The van der Waals surface area contributed by atoms with Gasteiger partial charge in [-0.25, -0.2) is 4.79 Å². The molecule has 0 spiro atoms. The first-order valence-corrected chi connectivity index (χ1v) is 6.61. The summed E-state index contributed by atoms with van der Waals surface area (Å²) in [5.74, 6) is 0. The lowest BCUT2D eigenvalue weighted by molar-refractivity contribution is -0.0587. The summed E-state index contributed by atoms with van der Waals surface area (Å²) in [6, 6.07) is 9.81. The van der Waals surface area contributed by atoms with Crippen molar-refractivity contribution in [3.63, 3.8) is 0 Å². The largest absolute Gasteiger partial charge is 0.370 e. The second-order valence-electron chi connectivity index (χ2n) is 4.85. The first kappa shape index (κ1) is 13.8. The third-order valence-corrected chi connectivity index (χ3v) is 3.16. The van der Waals surface area contributed by atoms with E-state index in [0.29, 0.717) is 26.2 Å². The van der Waals surface area contributed by atoms with Gasteiger partial charge in [-0.05, 0) is 12.5 Å². The number of hydrogen-bond acceptors (Lipinski definition) is 3. The van der Waals surface area contributed by atoms with Crippen LogP contribution in [0.1, 0.15) is 12.5 Å². The number of morpholine rings is 1. The molecule has 1 heterocycles. The Balaban J connectivity index is 1.85. The van der Waals surface area contributed by atoms with Crippen LogP contribution in [-0.4, -0.2) is 42.8 Å². The molecule has 1 aromatic rings. The number of rotatable bonds is 3. The standard InChI is InChI=1S/C14H21N3O2/c1-11-9-17(10-13(7-15)19-11)14(18)16-8-12-5-3-2-4-6-12/h2-6,11,13H,7-10,15H2,1H3,(H,16,18). The Morgan fingerprint density at radius 3 is 2.84 bits per heavy atom. The van der Waals surface area contributed by atoms with Crippen molar-refractivity contribution in [3.05, 3.63) is 35.9 Å². The van der Waals surface area contributed by atoms with Crippen LogP contribution in [0.2, 0.25) is 0 Å². The molecule has 3 N–H and O–H groups in total. The Morgan fingerprint density at radius 2 is 2.16 bits per heavy atom. The summed E-state index contributed by atoms with van der Waals surface area (Å²) in [7, 11) is 0. The minimum Gasteiger partial charge on any atom is -0.370 e. The molecular weight excluding hydrogens is 242 g/mol. The van der Waals surface area contributed by atoms with E-state index in [1.807, 2.05) is 37.3 Å². The Hall–Kier alpha value is -1.59. The molecule has 5 heteroatoms. The highest BCUT2D eigenvalue weighted by molar-refractivity contribution is 5.74. The van der Waals surface area contributed by atoms with Gasteiger partial charge in [0.2, 0.25) is 0 Å². The summed E-state index contributed by atoms with van der Waals surface area (Å²) in [4.78, 5) is 13.9. The zero-order valence-corrected chi connectivity index (χ0v) is 11.2. The van der Waals surface area contributed by atoms with Gasteiger partial charge in [0, 0.05) is 26.2 Å². The van der Waals surface area contributed by atoms with Crippen LogP contribution in [0.3, 0.4) is 0 Å². The Kier molecular flexibility index (Phi) is 4.76. The van der Waals surface area contributed by atoms with Gasteiger partial charge in [0.25, 0.3) is 0 Å². The van der Waals surface area contributed by atoms with Crippen LogP contribution in [0.15, 0.2) is 30.3 Å². The molecule has 2 atom stereocenters. The van der Waals surface area contributed by atoms with Gasteiger partial charge in [0.1, 0.15) is 0 Å². The highest BCUT2D eigenvalue weighted by Gasteiger charge is 2.27. The van der Waals surface area contributed by atoms with E-state index in [1.54, 1.807) is 4.90 Å². The fourth-order valence-electron chi connectivity index (χ4n) is 2.23. The molecule has 0 aromatic heterocycles. The molecule has 5 nitrogen and oxygen atoms in total. The van der Waals surface area contributed by atoms with Gasteiger partial charge in [-0.1, -0.05) is 30.3 Å². The van der Waals surface area contributed by atoms with Crippen LogP contribution < -0.4 is 11.1 Å². The maximum Gasteiger partial charge on any atom is 0.317 e. The van der Waals surface area contributed by atoms with Gasteiger partial charge in [-0.2, -0.15) is 0 Å². The van der Waals surface area contributed by atoms with Crippen molar-refractivity contribution in [2.75, 3.05) is 19.6 Å². The highest BCUT2D eigenvalue weighted by Crippen LogP contribution is 2.10. The van der Waals surface area contributed by atoms with Crippen LogP contribution >= 0.6 is 0 Å². The van der Waals surface area contributed by atoms with Gasteiger partial charge in [-0.15, -0.1) is 0 Å². The lowest BCUT2D eigenvalue weighted by Crippen LogP contribution is -2.54. The first-order valence-electron chi connectivity index (χ1n) is 6.61. The van der Waals surface area contributed by atoms with Gasteiger partial charge < -0.3 is 20.7 Å². The molecule has 2 rings (SSSR count). The molecule has 0 saturated carbocycles. The molecule has 1 saturated heterocycles. The van der Waals surface area contributed by atoms with E-state index in [9.17, 15) is 4.79 Å². The molecule has 0 aliphatic carbocycles. The first-order chi connectivity index (χ1) is 9.19. The smallest absolute Gasteiger partial charge is 0.317 e. The maximum atomic E-state index is 12.1. The number of carbonyl (C=O) groups excluding carboxylic acids is 1. The lowest BCUT2D eigenvalue weighted by Gasteiger charge is -2.36. The van der Waals surface area contributed by atoms with Crippen LogP contribution in [0.4, 0.5) is 4.79 Å². The average Bonchev–Trinajstić information content (AvgIpc) is 2.45. The van der Waals surface area contributed by atoms with Crippen molar-refractivity contribution in [1.29, 1.82) is 0 Å². The number of benzene rings is 1. The third-order valence-electron chi connectivity index (χ3n) is 3.16. The Labute approximate surface area is 113 Å². The fraction of sp³-hybridized carbons (Fsp3) is 0.500. The average molecular weight is 263 g/mol. The number of urea groups is 1. The summed E-state index contributed by atoms with van der Waals surface area (Å²) >= 11 is 0. The number of hydrogen-bond donors (Lipinski definition) is 2. The van der Waals surface area contributed by atoms with E-state index in [2.05, 4.69) is 5.32 Å². The summed E-state index contributed by atoms with van der Waals surface area (Å²) < 4.78 is 5.63. The van der Waals surface area contributed by atoms with E-state index < -0.39 is 0 Å². The number of nitrogens with zero attached hydrogens (tertiary/aromatic N) is 1. The molecular formula is C14H21N3O2. The van der Waals surface area contributed by atoms with Crippen molar-refractivity contribution in [2.45, 2.75) is 25.7 Å². The highest BCUT2D eigenvalue weighted by atomic mass is 16.5. The van der Waals surface area contributed by atoms with E-state index >= 15 is 0 Å². The maximum absolute atomic E-state index is 12.1. The van der Waals surface area contributed by atoms with Crippen LogP contribution in [0.5, 0.6) is 0 Å². The molecule has 1 fully saturated rings. The number of ether oxygens (including phenoxy) is 1. The predicted octanol–water partition coefficient (Wildman–Crippen LogP) is 0.944. The molecule has 2 amide bonds. The summed E-state index contributed by atoms with van der Waals surface area (Å²) in [6.07, 6.45) is -0.0315. The van der Waals surface area contributed by atoms with E-state index in [1.165, 1.54) is 0 Å². The monoisotopic (exact) mass is 263 g/mol. The van der Waals surface area contributed by atoms with E-state index in [-0.39, 0.29) is 18.2 Å². The van der Waals surface area contributed by atoms with Gasteiger partial charge in [-0.3, -0.25) is 0 Å². The Bertz CT molecular complexity index is 410. The number of carbonyl (C=O) groups is 1. The van der Waals surface area contributed by atoms with Crippen LogP contribution in [0, 0.1) is 0 Å². The molecule has 1 aliphatic rings.